The maximum atomic E-state index is 15.2. The Morgan fingerprint density at radius 2 is 1.84 bits per heavy atom. The third-order valence-electron chi connectivity index (χ3n) is 6.93. The zero-order valence-corrected chi connectivity index (χ0v) is 18.2. The molecule has 1 atom stereocenters. The molecule has 1 aliphatic carbocycles. The van der Waals surface area contributed by atoms with Crippen molar-refractivity contribution < 1.29 is 19.0 Å². The molecule has 1 heterocycles. The van der Waals surface area contributed by atoms with Crippen molar-refractivity contribution in [2.45, 2.75) is 58.1 Å². The van der Waals surface area contributed by atoms with Crippen LogP contribution in [0, 0.1) is 17.7 Å². The lowest BCUT2D eigenvalue weighted by molar-refractivity contribution is -0.141. The molecule has 0 amide bonds. The van der Waals surface area contributed by atoms with Gasteiger partial charge in [0.1, 0.15) is 11.6 Å². The Labute approximate surface area is 184 Å². The van der Waals surface area contributed by atoms with Crippen molar-refractivity contribution in [3.63, 3.8) is 0 Å². The van der Waals surface area contributed by atoms with Gasteiger partial charge in [-0.1, -0.05) is 43.7 Å². The number of halogens is 1. The van der Waals surface area contributed by atoms with Gasteiger partial charge in [-0.25, -0.2) is 4.39 Å². The van der Waals surface area contributed by atoms with Gasteiger partial charge in [-0.15, -0.1) is 0 Å². The van der Waals surface area contributed by atoms with E-state index in [1.807, 2.05) is 35.2 Å². The minimum atomic E-state index is -0.766. The molecular formula is C26H32FNO3. The molecule has 0 bridgehead atoms. The third-order valence-corrected chi connectivity index (χ3v) is 6.93. The summed E-state index contributed by atoms with van der Waals surface area (Å²) in [6.45, 7) is 3.86. The molecule has 4 rings (SSSR count). The topological polar surface area (TPSA) is 49.8 Å². The van der Waals surface area contributed by atoms with Gasteiger partial charge in [-0.05, 0) is 62.3 Å². The normalized spacial score (nSPS) is 24.3. The van der Waals surface area contributed by atoms with Crippen LogP contribution < -0.4 is 4.74 Å². The molecule has 0 spiro atoms. The fourth-order valence-electron chi connectivity index (χ4n) is 4.91. The molecule has 0 aromatic heterocycles. The Balaban J connectivity index is 1.40. The zero-order valence-electron chi connectivity index (χ0n) is 18.2. The number of aliphatic carboxylic acids is 1. The largest absolute Gasteiger partial charge is 0.490 e. The van der Waals surface area contributed by atoms with Crippen LogP contribution in [0.3, 0.4) is 0 Å². The molecule has 1 N–H and O–H groups in total. The quantitative estimate of drug-likeness (QED) is 0.614. The first-order valence-corrected chi connectivity index (χ1v) is 11.5. The first-order valence-electron chi connectivity index (χ1n) is 11.5. The Morgan fingerprint density at radius 3 is 2.48 bits per heavy atom. The minimum absolute atomic E-state index is 0.229. The van der Waals surface area contributed by atoms with Crippen LogP contribution in [0.2, 0.25) is 0 Å². The Kier molecular flexibility index (Phi) is 6.91. The number of hydrogen-bond acceptors (Lipinski definition) is 3. The summed E-state index contributed by atoms with van der Waals surface area (Å²) < 4.78 is 21.4. The van der Waals surface area contributed by atoms with Crippen molar-refractivity contribution >= 4 is 5.97 Å². The summed E-state index contributed by atoms with van der Waals surface area (Å²) in [5, 5.41) is 9.18. The molecule has 166 valence electrons. The molecule has 5 heteroatoms. The second-order valence-electron chi connectivity index (χ2n) is 9.03. The molecule has 2 aromatic rings. The van der Waals surface area contributed by atoms with Crippen LogP contribution in [-0.2, 0) is 11.3 Å². The van der Waals surface area contributed by atoms with Gasteiger partial charge < -0.3 is 9.84 Å². The van der Waals surface area contributed by atoms with Gasteiger partial charge in [0, 0.05) is 24.2 Å². The predicted molar refractivity (Wildman–Crippen MR) is 120 cm³/mol. The first kappa shape index (κ1) is 21.8. The van der Waals surface area contributed by atoms with E-state index in [0.717, 1.165) is 30.1 Å². The number of likely N-dealkylation sites (tertiary alicyclic amines) is 1. The number of benzene rings is 2. The molecule has 2 fully saturated rings. The van der Waals surface area contributed by atoms with E-state index in [4.69, 9.17) is 4.74 Å². The van der Waals surface area contributed by atoms with Crippen LogP contribution in [-0.4, -0.2) is 35.2 Å². The Hall–Kier alpha value is -2.40. The summed E-state index contributed by atoms with van der Waals surface area (Å²) in [6.07, 6.45) is 6.85. The van der Waals surface area contributed by atoms with Crippen molar-refractivity contribution in [1.82, 2.24) is 4.90 Å². The van der Waals surface area contributed by atoms with Crippen LogP contribution in [0.1, 0.15) is 51.0 Å². The van der Waals surface area contributed by atoms with Gasteiger partial charge in [0.05, 0.1) is 12.0 Å². The predicted octanol–water partition coefficient (Wildman–Crippen LogP) is 5.75. The van der Waals surface area contributed by atoms with E-state index < -0.39 is 5.97 Å². The molecule has 4 nitrogen and oxygen atoms in total. The lowest BCUT2D eigenvalue weighted by Gasteiger charge is -2.28. The smallest absolute Gasteiger partial charge is 0.307 e. The van der Waals surface area contributed by atoms with Crippen molar-refractivity contribution in [2.24, 2.45) is 11.8 Å². The summed E-state index contributed by atoms with van der Waals surface area (Å²) in [7, 11) is 0. The molecule has 31 heavy (non-hydrogen) atoms. The van der Waals surface area contributed by atoms with Gasteiger partial charge >= 0.3 is 5.97 Å². The second-order valence-corrected chi connectivity index (χ2v) is 9.03. The molecule has 1 unspecified atom stereocenters. The van der Waals surface area contributed by atoms with Crippen LogP contribution in [0.25, 0.3) is 11.1 Å². The number of ether oxygens (including phenoxy) is 1. The molecule has 1 aliphatic heterocycles. The van der Waals surface area contributed by atoms with E-state index in [-0.39, 0.29) is 17.8 Å². The number of carboxylic acid groups (broad SMARTS) is 1. The molecule has 2 aromatic carbocycles. The van der Waals surface area contributed by atoms with E-state index in [9.17, 15) is 9.90 Å². The van der Waals surface area contributed by atoms with Crippen LogP contribution >= 0.6 is 0 Å². The third kappa shape index (κ3) is 5.27. The SMILES string of the molecule is CC[C@H]1CC[C@@H](Oc2ccc(-c3cccc(CN4CCC(C(=O)O)C4)c3F)cc2)CC1. The number of carbonyl (C=O) groups is 1. The standard InChI is InChI=1S/C26H32FNO3/c1-2-18-6-10-22(11-7-18)31-23-12-8-19(9-13-23)24-5-3-4-20(25(24)27)16-28-15-14-21(17-28)26(29)30/h3-5,8-9,12-13,18,21-22H,2,6-7,10-11,14-17H2,1H3,(H,29,30)/t18-,21?,22+. The van der Waals surface area contributed by atoms with Crippen LogP contribution in [0.15, 0.2) is 42.5 Å². The number of hydrogen-bond donors (Lipinski definition) is 1. The minimum Gasteiger partial charge on any atom is -0.490 e. The van der Waals surface area contributed by atoms with Crippen molar-refractivity contribution in [2.75, 3.05) is 13.1 Å². The lowest BCUT2D eigenvalue weighted by Crippen LogP contribution is -2.23. The Morgan fingerprint density at radius 1 is 1.10 bits per heavy atom. The van der Waals surface area contributed by atoms with Gasteiger partial charge in [0.25, 0.3) is 0 Å². The van der Waals surface area contributed by atoms with E-state index >= 15 is 4.39 Å². The van der Waals surface area contributed by atoms with E-state index in [2.05, 4.69) is 6.92 Å². The second kappa shape index (κ2) is 9.82. The molecule has 1 saturated heterocycles. The van der Waals surface area contributed by atoms with E-state index in [1.54, 1.807) is 12.1 Å². The fraction of sp³-hybridized carbons (Fsp3) is 0.500. The maximum Gasteiger partial charge on any atom is 0.307 e. The van der Waals surface area contributed by atoms with Gasteiger partial charge in [-0.2, -0.15) is 0 Å². The lowest BCUT2D eigenvalue weighted by atomic mass is 9.86. The maximum absolute atomic E-state index is 15.2. The van der Waals surface area contributed by atoms with E-state index in [1.165, 1.54) is 19.3 Å². The first-order chi connectivity index (χ1) is 15.0. The van der Waals surface area contributed by atoms with Gasteiger partial charge in [0.15, 0.2) is 0 Å². The van der Waals surface area contributed by atoms with Crippen molar-refractivity contribution in [3.05, 3.63) is 53.8 Å². The summed E-state index contributed by atoms with van der Waals surface area (Å²) in [5.74, 6) is 0.339. The highest BCUT2D eigenvalue weighted by molar-refractivity contribution is 5.70. The molecule has 0 radical (unpaired) electrons. The van der Waals surface area contributed by atoms with Crippen LogP contribution in [0.4, 0.5) is 4.39 Å². The van der Waals surface area contributed by atoms with Crippen molar-refractivity contribution in [3.8, 4) is 16.9 Å². The highest BCUT2D eigenvalue weighted by atomic mass is 19.1. The average molecular weight is 426 g/mol. The fourth-order valence-corrected chi connectivity index (χ4v) is 4.91. The molecule has 1 saturated carbocycles. The number of rotatable bonds is 7. The summed E-state index contributed by atoms with van der Waals surface area (Å²) in [6, 6.07) is 13.2. The monoisotopic (exact) mass is 425 g/mol. The highest BCUT2D eigenvalue weighted by Crippen LogP contribution is 2.31. The van der Waals surface area contributed by atoms with Crippen LogP contribution in [0.5, 0.6) is 5.75 Å². The Bertz CT molecular complexity index is 890. The number of nitrogens with zero attached hydrogens (tertiary/aromatic N) is 1. The molecule has 2 aliphatic rings. The van der Waals surface area contributed by atoms with Gasteiger partial charge in [0.2, 0.25) is 0 Å². The summed E-state index contributed by atoms with van der Waals surface area (Å²) >= 11 is 0. The summed E-state index contributed by atoms with van der Waals surface area (Å²) in [4.78, 5) is 13.2. The summed E-state index contributed by atoms with van der Waals surface area (Å²) in [5.41, 5.74) is 2.00. The average Bonchev–Trinajstić information content (AvgIpc) is 3.25. The molecular weight excluding hydrogens is 393 g/mol. The zero-order chi connectivity index (χ0) is 21.8. The van der Waals surface area contributed by atoms with Gasteiger partial charge in [-0.3, -0.25) is 9.69 Å². The highest BCUT2D eigenvalue weighted by Gasteiger charge is 2.28. The number of carboxylic acids is 1. The van der Waals surface area contributed by atoms with Crippen molar-refractivity contribution in [1.29, 1.82) is 0 Å². The van der Waals surface area contributed by atoms with E-state index in [0.29, 0.717) is 37.2 Å².